The van der Waals surface area contributed by atoms with Gasteiger partial charge in [0.15, 0.2) is 0 Å². The molecule has 3 rings (SSSR count). The molecule has 0 radical (unpaired) electrons. The lowest BCUT2D eigenvalue weighted by atomic mass is 9.96. The van der Waals surface area contributed by atoms with Crippen molar-refractivity contribution < 1.29 is 0 Å². The van der Waals surface area contributed by atoms with E-state index in [-0.39, 0.29) is 0 Å². The van der Waals surface area contributed by atoms with E-state index in [0.717, 1.165) is 11.6 Å². The molecule has 2 saturated heterocycles. The van der Waals surface area contributed by atoms with Crippen molar-refractivity contribution in [2.45, 2.75) is 50.7 Å². The van der Waals surface area contributed by atoms with E-state index in [9.17, 15) is 0 Å². The molecule has 2 atom stereocenters. The highest BCUT2D eigenvalue weighted by atomic mass is 35.5. The van der Waals surface area contributed by atoms with Crippen LogP contribution >= 0.6 is 11.6 Å². The van der Waals surface area contributed by atoms with Gasteiger partial charge in [-0.1, -0.05) is 24.6 Å². The predicted octanol–water partition coefficient (Wildman–Crippen LogP) is 3.45. The van der Waals surface area contributed by atoms with Crippen LogP contribution in [0.2, 0.25) is 5.02 Å². The van der Waals surface area contributed by atoms with E-state index in [1.54, 1.807) is 0 Å². The Balaban J connectivity index is 1.79. The number of rotatable bonds is 3. The first-order valence-electron chi connectivity index (χ1n) is 7.05. The summed E-state index contributed by atoms with van der Waals surface area (Å²) in [5, 5.41) is 4.46. The molecule has 98 valence electrons. The van der Waals surface area contributed by atoms with E-state index in [1.165, 1.54) is 31.4 Å². The van der Waals surface area contributed by atoms with Gasteiger partial charge in [-0.15, -0.1) is 0 Å². The fourth-order valence-corrected chi connectivity index (χ4v) is 3.88. The summed E-state index contributed by atoms with van der Waals surface area (Å²) in [4.78, 5) is 2.61. The molecule has 0 saturated carbocycles. The molecule has 18 heavy (non-hydrogen) atoms. The lowest BCUT2D eigenvalue weighted by molar-refractivity contribution is 0.361. The molecular weight excluding hydrogens is 244 g/mol. The molecule has 2 aliphatic rings. The van der Waals surface area contributed by atoms with E-state index < -0.39 is 0 Å². The van der Waals surface area contributed by atoms with Crippen LogP contribution < -0.4 is 10.2 Å². The summed E-state index contributed by atoms with van der Waals surface area (Å²) in [6, 6.07) is 10.4. The average Bonchev–Trinajstić information content (AvgIpc) is 2.62. The molecule has 2 heterocycles. The first-order valence-corrected chi connectivity index (χ1v) is 7.43. The maximum Gasteiger partial charge on any atom is 0.0426 e. The van der Waals surface area contributed by atoms with Crippen molar-refractivity contribution in [1.82, 2.24) is 5.32 Å². The Labute approximate surface area is 114 Å². The quantitative estimate of drug-likeness (QED) is 0.900. The summed E-state index contributed by atoms with van der Waals surface area (Å²) >= 11 is 6.12. The molecule has 0 aliphatic carbocycles. The highest BCUT2D eigenvalue weighted by molar-refractivity contribution is 6.30. The second kappa shape index (κ2) is 5.10. The maximum atomic E-state index is 6.12. The van der Waals surface area contributed by atoms with E-state index in [1.807, 2.05) is 6.07 Å². The van der Waals surface area contributed by atoms with Crippen molar-refractivity contribution in [1.29, 1.82) is 0 Å². The summed E-state index contributed by atoms with van der Waals surface area (Å²) < 4.78 is 0. The largest absolute Gasteiger partial charge is 0.365 e. The maximum absolute atomic E-state index is 6.12. The van der Waals surface area contributed by atoms with Crippen LogP contribution in [0.3, 0.4) is 0 Å². The number of benzene rings is 1. The SMILES string of the molecule is CCNC1CC2CCC(C1)N2c1cccc(Cl)c1. The number of nitrogens with one attached hydrogen (secondary N) is 1. The van der Waals surface area contributed by atoms with Gasteiger partial charge in [-0.05, 0) is 50.4 Å². The summed E-state index contributed by atoms with van der Waals surface area (Å²) in [5.74, 6) is 0. The number of piperidine rings is 1. The highest BCUT2D eigenvalue weighted by Gasteiger charge is 2.40. The van der Waals surface area contributed by atoms with Gasteiger partial charge in [0.25, 0.3) is 0 Å². The lowest BCUT2D eigenvalue weighted by Gasteiger charge is -2.41. The van der Waals surface area contributed by atoms with Gasteiger partial charge in [0.1, 0.15) is 0 Å². The first-order chi connectivity index (χ1) is 8.78. The number of anilines is 1. The molecule has 1 N–H and O–H groups in total. The first kappa shape index (κ1) is 12.3. The number of nitrogens with zero attached hydrogens (tertiary/aromatic N) is 1. The Morgan fingerprint density at radius 2 is 2.00 bits per heavy atom. The molecule has 2 aliphatic heterocycles. The predicted molar refractivity (Wildman–Crippen MR) is 77.4 cm³/mol. The van der Waals surface area contributed by atoms with Crippen molar-refractivity contribution in [3.8, 4) is 0 Å². The van der Waals surface area contributed by atoms with Crippen molar-refractivity contribution in [3.05, 3.63) is 29.3 Å². The summed E-state index contributed by atoms with van der Waals surface area (Å²) in [6.07, 6.45) is 5.21. The van der Waals surface area contributed by atoms with Crippen LogP contribution in [-0.4, -0.2) is 24.7 Å². The van der Waals surface area contributed by atoms with Gasteiger partial charge in [-0.2, -0.15) is 0 Å². The van der Waals surface area contributed by atoms with Crippen LogP contribution in [0.25, 0.3) is 0 Å². The number of hydrogen-bond acceptors (Lipinski definition) is 2. The van der Waals surface area contributed by atoms with Crippen molar-refractivity contribution >= 4 is 17.3 Å². The van der Waals surface area contributed by atoms with Crippen LogP contribution in [0.4, 0.5) is 5.69 Å². The zero-order chi connectivity index (χ0) is 12.5. The normalized spacial score (nSPS) is 30.8. The van der Waals surface area contributed by atoms with Gasteiger partial charge in [-0.25, -0.2) is 0 Å². The summed E-state index contributed by atoms with van der Waals surface area (Å²) in [7, 11) is 0. The second-order valence-corrected chi connectivity index (χ2v) is 5.93. The molecule has 0 spiro atoms. The monoisotopic (exact) mass is 264 g/mol. The summed E-state index contributed by atoms with van der Waals surface area (Å²) in [5.41, 5.74) is 1.31. The third-order valence-electron chi connectivity index (χ3n) is 4.33. The van der Waals surface area contributed by atoms with Crippen molar-refractivity contribution in [3.63, 3.8) is 0 Å². The zero-order valence-electron chi connectivity index (χ0n) is 10.9. The van der Waals surface area contributed by atoms with Crippen LogP contribution in [0.1, 0.15) is 32.6 Å². The second-order valence-electron chi connectivity index (χ2n) is 5.50. The van der Waals surface area contributed by atoms with Gasteiger partial charge in [0.05, 0.1) is 0 Å². The molecule has 2 unspecified atom stereocenters. The van der Waals surface area contributed by atoms with Gasteiger partial charge in [0.2, 0.25) is 0 Å². The Kier molecular flexibility index (Phi) is 3.49. The fourth-order valence-electron chi connectivity index (χ4n) is 3.69. The van der Waals surface area contributed by atoms with Crippen molar-refractivity contribution in [2.75, 3.05) is 11.4 Å². The Morgan fingerprint density at radius 1 is 1.28 bits per heavy atom. The van der Waals surface area contributed by atoms with Crippen LogP contribution in [0, 0.1) is 0 Å². The van der Waals surface area contributed by atoms with Gasteiger partial charge >= 0.3 is 0 Å². The smallest absolute Gasteiger partial charge is 0.0426 e. The van der Waals surface area contributed by atoms with E-state index in [0.29, 0.717) is 18.1 Å². The van der Waals surface area contributed by atoms with Crippen LogP contribution in [-0.2, 0) is 0 Å². The van der Waals surface area contributed by atoms with E-state index in [2.05, 4.69) is 35.3 Å². The third kappa shape index (κ3) is 2.24. The van der Waals surface area contributed by atoms with Gasteiger partial charge in [0, 0.05) is 28.8 Å². The average molecular weight is 265 g/mol. The van der Waals surface area contributed by atoms with Crippen LogP contribution in [0.5, 0.6) is 0 Å². The molecule has 2 fully saturated rings. The highest BCUT2D eigenvalue weighted by Crippen LogP contribution is 2.39. The number of hydrogen-bond donors (Lipinski definition) is 1. The molecule has 0 aromatic heterocycles. The zero-order valence-corrected chi connectivity index (χ0v) is 11.7. The molecule has 0 amide bonds. The third-order valence-corrected chi connectivity index (χ3v) is 4.57. The minimum absolute atomic E-state index is 0.700. The van der Waals surface area contributed by atoms with E-state index >= 15 is 0 Å². The Morgan fingerprint density at radius 3 is 2.61 bits per heavy atom. The van der Waals surface area contributed by atoms with Crippen LogP contribution in [0.15, 0.2) is 24.3 Å². The minimum atomic E-state index is 0.700. The molecule has 2 nitrogen and oxygen atoms in total. The number of fused-ring (bicyclic) bond motifs is 2. The fraction of sp³-hybridized carbons (Fsp3) is 0.600. The molecular formula is C15H21ClN2. The minimum Gasteiger partial charge on any atom is -0.365 e. The van der Waals surface area contributed by atoms with E-state index in [4.69, 9.17) is 11.6 Å². The van der Waals surface area contributed by atoms with Crippen molar-refractivity contribution in [2.24, 2.45) is 0 Å². The lowest BCUT2D eigenvalue weighted by Crippen LogP contribution is -2.49. The Bertz CT molecular complexity index is 407. The molecule has 3 heteroatoms. The molecule has 1 aromatic carbocycles. The Hall–Kier alpha value is -0.730. The summed E-state index contributed by atoms with van der Waals surface area (Å²) in [6.45, 7) is 3.28. The topological polar surface area (TPSA) is 15.3 Å². The number of halogens is 1. The van der Waals surface area contributed by atoms with Gasteiger partial charge < -0.3 is 10.2 Å². The molecule has 2 bridgehead atoms. The van der Waals surface area contributed by atoms with Gasteiger partial charge in [-0.3, -0.25) is 0 Å². The standard InChI is InChI=1S/C15H21ClN2/c1-2-17-12-9-14-6-7-15(10-12)18(14)13-5-3-4-11(16)8-13/h3-5,8,12,14-15,17H,2,6-7,9-10H2,1H3. The molecule has 1 aromatic rings.